The molecule has 0 radical (unpaired) electrons. The zero-order valence-electron chi connectivity index (χ0n) is 14.1. The highest BCUT2D eigenvalue weighted by Gasteiger charge is 2.39. The molecule has 1 fully saturated rings. The topological polar surface area (TPSA) is 99.5 Å². The maximum absolute atomic E-state index is 12.7. The molecule has 4 atom stereocenters. The van der Waals surface area contributed by atoms with Crippen LogP contribution in [-0.2, 0) is 10.9 Å². The fourth-order valence-electron chi connectivity index (χ4n) is 2.73. The number of hydrogen-bond acceptors (Lipinski definition) is 7. The Labute approximate surface area is 153 Å². The molecule has 0 saturated carbocycles. The van der Waals surface area contributed by atoms with Gasteiger partial charge in [-0.1, -0.05) is 18.2 Å². The summed E-state index contributed by atoms with van der Waals surface area (Å²) in [5.41, 5.74) is -0.313. The van der Waals surface area contributed by atoms with Gasteiger partial charge < -0.3 is 25.6 Å². The molecule has 2 heterocycles. The lowest BCUT2D eigenvalue weighted by Gasteiger charge is -2.38. The van der Waals surface area contributed by atoms with Gasteiger partial charge in [0.1, 0.15) is 24.1 Å². The Hall–Kier alpha value is -2.43. The number of hydrogen-bond donors (Lipinski definition) is 4. The quantitative estimate of drug-likeness (QED) is 0.620. The number of rotatable bonds is 5. The summed E-state index contributed by atoms with van der Waals surface area (Å²) in [4.78, 5) is 6.93. The molecule has 1 aromatic heterocycles. The van der Waals surface area contributed by atoms with Gasteiger partial charge in [-0.25, -0.2) is 4.98 Å². The Balaban J connectivity index is 1.59. The van der Waals surface area contributed by atoms with Crippen molar-refractivity contribution in [2.24, 2.45) is 0 Å². The van der Waals surface area contributed by atoms with E-state index >= 15 is 0 Å². The molecule has 3 rings (SSSR count). The molecule has 27 heavy (non-hydrogen) atoms. The van der Waals surface area contributed by atoms with Crippen molar-refractivity contribution in [2.45, 2.75) is 30.5 Å². The summed E-state index contributed by atoms with van der Waals surface area (Å²) in [6.45, 7) is 0.246. The van der Waals surface area contributed by atoms with Crippen molar-refractivity contribution in [2.75, 3.05) is 23.8 Å². The standard InChI is InChI=1S/C17H19F3N4O3/c18-17(19,20)13-7-21-8-14(24-13)23-11-9-27-12(16(26)15(11)25)6-22-10-4-2-1-3-5-10/h1-5,7-8,11-12,15-16,22,25-26H,6,9H2,(H,23,24)/t11-,12+,15+,16-/m0/s1. The smallest absolute Gasteiger partial charge is 0.388 e. The number of aliphatic hydroxyl groups is 2. The average molecular weight is 384 g/mol. The van der Waals surface area contributed by atoms with E-state index < -0.39 is 36.2 Å². The van der Waals surface area contributed by atoms with Crippen LogP contribution in [0, 0.1) is 0 Å². The number of halogens is 3. The molecule has 0 unspecified atom stereocenters. The lowest BCUT2D eigenvalue weighted by Crippen LogP contribution is -2.57. The van der Waals surface area contributed by atoms with Crippen LogP contribution in [0.1, 0.15) is 5.69 Å². The summed E-state index contributed by atoms with van der Waals surface area (Å²) in [5.74, 6) is -0.162. The zero-order valence-corrected chi connectivity index (χ0v) is 14.1. The summed E-state index contributed by atoms with van der Waals surface area (Å²) in [5, 5.41) is 26.3. The minimum Gasteiger partial charge on any atom is -0.388 e. The van der Waals surface area contributed by atoms with Gasteiger partial charge in [0, 0.05) is 12.2 Å². The largest absolute Gasteiger partial charge is 0.434 e. The first-order valence-electron chi connectivity index (χ1n) is 8.27. The van der Waals surface area contributed by atoms with Gasteiger partial charge in [-0.2, -0.15) is 13.2 Å². The van der Waals surface area contributed by atoms with E-state index in [0.717, 1.165) is 11.9 Å². The second-order valence-electron chi connectivity index (χ2n) is 6.14. The van der Waals surface area contributed by atoms with E-state index in [9.17, 15) is 23.4 Å². The van der Waals surface area contributed by atoms with Crippen LogP contribution in [0.15, 0.2) is 42.7 Å². The summed E-state index contributed by atoms with van der Waals surface area (Å²) < 4.78 is 43.7. The number of aromatic nitrogens is 2. The fraction of sp³-hybridized carbons (Fsp3) is 0.412. The number of anilines is 2. The van der Waals surface area contributed by atoms with Crippen LogP contribution in [-0.4, -0.2) is 57.7 Å². The summed E-state index contributed by atoms with van der Waals surface area (Å²) in [6.07, 6.45) is -6.06. The number of alkyl halides is 3. The molecule has 0 spiro atoms. The third-order valence-corrected chi connectivity index (χ3v) is 4.17. The molecule has 146 valence electrons. The number of benzene rings is 1. The van der Waals surface area contributed by atoms with Gasteiger partial charge in [0.05, 0.1) is 25.0 Å². The molecule has 0 aliphatic carbocycles. The van der Waals surface area contributed by atoms with E-state index in [1.54, 1.807) is 0 Å². The van der Waals surface area contributed by atoms with Crippen LogP contribution in [0.2, 0.25) is 0 Å². The predicted octanol–water partition coefficient (Wildman–Crippen LogP) is 1.51. The number of ether oxygens (including phenoxy) is 1. The third kappa shape index (κ3) is 4.85. The van der Waals surface area contributed by atoms with Crippen molar-refractivity contribution >= 4 is 11.5 Å². The number of aliphatic hydroxyl groups excluding tert-OH is 2. The molecule has 1 aliphatic heterocycles. The van der Waals surface area contributed by atoms with Crippen LogP contribution in [0.3, 0.4) is 0 Å². The minimum absolute atomic E-state index is 0.0166. The van der Waals surface area contributed by atoms with Crippen molar-refractivity contribution < 1.29 is 28.1 Å². The molecular formula is C17H19F3N4O3. The Morgan fingerprint density at radius 1 is 1.11 bits per heavy atom. The molecule has 1 aromatic carbocycles. The molecule has 0 bridgehead atoms. The van der Waals surface area contributed by atoms with Crippen LogP contribution in [0.25, 0.3) is 0 Å². The van der Waals surface area contributed by atoms with Gasteiger partial charge in [-0.15, -0.1) is 0 Å². The van der Waals surface area contributed by atoms with Gasteiger partial charge in [-0.3, -0.25) is 4.98 Å². The highest BCUT2D eigenvalue weighted by Crippen LogP contribution is 2.28. The SMILES string of the molecule is O[C@@H]1[C@H](O)[C@@H](Nc2cncc(C(F)(F)F)n2)CO[C@@H]1CNc1ccccc1. The van der Waals surface area contributed by atoms with E-state index in [-0.39, 0.29) is 19.0 Å². The number of para-hydroxylation sites is 1. The molecule has 2 aromatic rings. The van der Waals surface area contributed by atoms with Crippen molar-refractivity contribution in [3.8, 4) is 0 Å². The van der Waals surface area contributed by atoms with Gasteiger partial charge in [0.15, 0.2) is 5.69 Å². The number of nitrogens with one attached hydrogen (secondary N) is 2. The van der Waals surface area contributed by atoms with Crippen LogP contribution in [0.5, 0.6) is 0 Å². The van der Waals surface area contributed by atoms with Gasteiger partial charge >= 0.3 is 6.18 Å². The fourth-order valence-corrected chi connectivity index (χ4v) is 2.73. The van der Waals surface area contributed by atoms with Gasteiger partial charge in [0.2, 0.25) is 0 Å². The molecule has 10 heteroatoms. The monoisotopic (exact) mass is 384 g/mol. The first kappa shape index (κ1) is 19.3. The normalized spacial score (nSPS) is 25.8. The highest BCUT2D eigenvalue weighted by molar-refractivity contribution is 5.42. The average Bonchev–Trinajstić information content (AvgIpc) is 2.65. The molecule has 1 aliphatic rings. The molecular weight excluding hydrogens is 365 g/mol. The second kappa shape index (κ2) is 8.07. The Morgan fingerprint density at radius 2 is 1.85 bits per heavy atom. The highest BCUT2D eigenvalue weighted by atomic mass is 19.4. The lowest BCUT2D eigenvalue weighted by atomic mass is 9.98. The van der Waals surface area contributed by atoms with E-state index in [1.165, 1.54) is 0 Å². The first-order chi connectivity index (χ1) is 12.8. The minimum atomic E-state index is -4.62. The number of nitrogens with zero attached hydrogens (tertiary/aromatic N) is 2. The van der Waals surface area contributed by atoms with Crippen LogP contribution >= 0.6 is 0 Å². The van der Waals surface area contributed by atoms with E-state index in [1.807, 2.05) is 30.3 Å². The maximum Gasteiger partial charge on any atom is 0.434 e. The maximum atomic E-state index is 12.7. The summed E-state index contributed by atoms with van der Waals surface area (Å²) >= 11 is 0. The van der Waals surface area contributed by atoms with Crippen molar-refractivity contribution in [1.29, 1.82) is 0 Å². The lowest BCUT2D eigenvalue weighted by molar-refractivity contribution is -0.141. The van der Waals surface area contributed by atoms with E-state index in [2.05, 4.69) is 20.6 Å². The van der Waals surface area contributed by atoms with Crippen molar-refractivity contribution in [3.63, 3.8) is 0 Å². The van der Waals surface area contributed by atoms with Gasteiger partial charge in [0.25, 0.3) is 0 Å². The Bertz CT molecular complexity index is 748. The van der Waals surface area contributed by atoms with Crippen molar-refractivity contribution in [3.05, 3.63) is 48.4 Å². The predicted molar refractivity (Wildman–Crippen MR) is 91.1 cm³/mol. The second-order valence-corrected chi connectivity index (χ2v) is 6.14. The first-order valence-corrected chi connectivity index (χ1v) is 8.27. The molecule has 1 saturated heterocycles. The van der Waals surface area contributed by atoms with E-state index in [0.29, 0.717) is 6.20 Å². The van der Waals surface area contributed by atoms with Crippen LogP contribution in [0.4, 0.5) is 24.7 Å². The molecule has 7 nitrogen and oxygen atoms in total. The third-order valence-electron chi connectivity index (χ3n) is 4.17. The van der Waals surface area contributed by atoms with E-state index in [4.69, 9.17) is 4.74 Å². The zero-order chi connectivity index (χ0) is 19.4. The summed E-state index contributed by atoms with van der Waals surface area (Å²) in [6, 6.07) is 8.45. The Morgan fingerprint density at radius 3 is 2.56 bits per heavy atom. The van der Waals surface area contributed by atoms with Gasteiger partial charge in [-0.05, 0) is 12.1 Å². The molecule has 0 amide bonds. The Kier molecular flexibility index (Phi) is 5.78. The molecule has 4 N–H and O–H groups in total. The van der Waals surface area contributed by atoms with Crippen molar-refractivity contribution in [1.82, 2.24) is 9.97 Å². The van der Waals surface area contributed by atoms with Crippen LogP contribution < -0.4 is 10.6 Å². The summed E-state index contributed by atoms with van der Waals surface area (Å²) in [7, 11) is 0.